The standard InChI is InChI=1S/C26H40O4/c1-6-7-8-9-10-11-12-16-26(5)17-15-22-21(4)24(29-18-13-14-23(27)28)19(2)20(3)25(22)30-26/h12,16H,6-11,13-15,17-18H2,1-5H3,(H,27,28). The summed E-state index contributed by atoms with van der Waals surface area (Å²) in [6, 6.07) is 0. The highest BCUT2D eigenvalue weighted by Crippen LogP contribution is 2.44. The Hall–Kier alpha value is -1.97. The smallest absolute Gasteiger partial charge is 0.303 e. The fourth-order valence-corrected chi connectivity index (χ4v) is 4.18. The van der Waals surface area contributed by atoms with Gasteiger partial charge in [0.1, 0.15) is 17.1 Å². The quantitative estimate of drug-likeness (QED) is 0.299. The Morgan fingerprint density at radius 3 is 2.53 bits per heavy atom. The number of carboxylic acids is 1. The first kappa shape index (κ1) is 24.3. The van der Waals surface area contributed by atoms with Crippen molar-refractivity contribution in [1.29, 1.82) is 0 Å². The number of aliphatic carboxylic acids is 1. The molecule has 2 rings (SSSR count). The van der Waals surface area contributed by atoms with Gasteiger partial charge in [-0.3, -0.25) is 4.79 Å². The Morgan fingerprint density at radius 2 is 1.83 bits per heavy atom. The summed E-state index contributed by atoms with van der Waals surface area (Å²) in [6.07, 6.45) is 14.8. The minimum atomic E-state index is -0.782. The number of hydrogen-bond acceptors (Lipinski definition) is 3. The molecule has 1 aliphatic heterocycles. The molecule has 1 aromatic rings. The van der Waals surface area contributed by atoms with Gasteiger partial charge in [-0.05, 0) is 82.6 Å². The number of rotatable bonds is 12. The highest BCUT2D eigenvalue weighted by Gasteiger charge is 2.32. The Morgan fingerprint density at radius 1 is 1.10 bits per heavy atom. The van der Waals surface area contributed by atoms with E-state index in [1.165, 1.54) is 37.7 Å². The first-order chi connectivity index (χ1) is 14.3. The Bertz CT molecular complexity index is 750. The van der Waals surface area contributed by atoms with Crippen LogP contribution in [0.3, 0.4) is 0 Å². The van der Waals surface area contributed by atoms with Crippen molar-refractivity contribution in [1.82, 2.24) is 0 Å². The third-order valence-electron chi connectivity index (χ3n) is 6.24. The highest BCUT2D eigenvalue weighted by molar-refractivity contribution is 5.66. The van der Waals surface area contributed by atoms with Gasteiger partial charge in [-0.2, -0.15) is 0 Å². The lowest BCUT2D eigenvalue weighted by molar-refractivity contribution is -0.137. The zero-order valence-electron chi connectivity index (χ0n) is 19.6. The summed E-state index contributed by atoms with van der Waals surface area (Å²) in [7, 11) is 0. The molecule has 0 radical (unpaired) electrons. The van der Waals surface area contributed by atoms with Crippen LogP contribution in [0, 0.1) is 20.8 Å². The second-order valence-corrected chi connectivity index (χ2v) is 8.88. The SMILES string of the molecule is CCCCCCCC=CC1(C)CCc2c(C)c(OCCCC(=O)O)c(C)c(C)c2O1. The number of hydrogen-bond donors (Lipinski definition) is 1. The highest BCUT2D eigenvalue weighted by atomic mass is 16.5. The fraction of sp³-hybridized carbons (Fsp3) is 0.654. The Labute approximate surface area is 182 Å². The molecule has 0 saturated carbocycles. The van der Waals surface area contributed by atoms with E-state index in [-0.39, 0.29) is 12.0 Å². The Kier molecular flexibility index (Phi) is 9.26. The monoisotopic (exact) mass is 416 g/mol. The van der Waals surface area contributed by atoms with E-state index in [1.807, 2.05) is 0 Å². The minimum absolute atomic E-state index is 0.133. The van der Waals surface area contributed by atoms with Gasteiger partial charge in [0.25, 0.3) is 0 Å². The van der Waals surface area contributed by atoms with Crippen LogP contribution in [0.15, 0.2) is 12.2 Å². The molecule has 1 aliphatic rings. The van der Waals surface area contributed by atoms with Gasteiger partial charge in [-0.15, -0.1) is 0 Å². The minimum Gasteiger partial charge on any atom is -0.493 e. The molecule has 168 valence electrons. The van der Waals surface area contributed by atoms with Gasteiger partial charge in [0.05, 0.1) is 6.61 Å². The fourth-order valence-electron chi connectivity index (χ4n) is 4.18. The second kappa shape index (κ2) is 11.4. The first-order valence-electron chi connectivity index (χ1n) is 11.6. The van der Waals surface area contributed by atoms with Crippen LogP contribution < -0.4 is 9.47 Å². The number of allylic oxidation sites excluding steroid dienone is 1. The van der Waals surface area contributed by atoms with E-state index in [0.717, 1.165) is 47.5 Å². The Balaban J connectivity index is 2.05. The summed E-state index contributed by atoms with van der Waals surface area (Å²) >= 11 is 0. The number of carboxylic acid groups (broad SMARTS) is 1. The molecule has 30 heavy (non-hydrogen) atoms. The van der Waals surface area contributed by atoms with E-state index in [9.17, 15) is 4.79 Å². The molecule has 0 aromatic heterocycles. The molecule has 1 unspecified atom stereocenters. The predicted molar refractivity (Wildman–Crippen MR) is 123 cm³/mol. The van der Waals surface area contributed by atoms with E-state index < -0.39 is 5.97 Å². The average Bonchev–Trinajstić information content (AvgIpc) is 2.70. The molecule has 0 aliphatic carbocycles. The second-order valence-electron chi connectivity index (χ2n) is 8.88. The molecule has 0 saturated heterocycles. The zero-order chi connectivity index (χ0) is 22.1. The van der Waals surface area contributed by atoms with E-state index in [4.69, 9.17) is 14.6 Å². The van der Waals surface area contributed by atoms with Gasteiger partial charge in [-0.1, -0.05) is 38.7 Å². The van der Waals surface area contributed by atoms with Crippen LogP contribution >= 0.6 is 0 Å². The first-order valence-corrected chi connectivity index (χ1v) is 11.6. The van der Waals surface area contributed by atoms with Gasteiger partial charge >= 0.3 is 5.97 Å². The lowest BCUT2D eigenvalue weighted by Crippen LogP contribution is -2.35. The summed E-state index contributed by atoms with van der Waals surface area (Å²) in [6.45, 7) is 11.1. The van der Waals surface area contributed by atoms with Crippen LogP contribution in [-0.2, 0) is 11.2 Å². The van der Waals surface area contributed by atoms with Gasteiger partial charge in [0, 0.05) is 12.0 Å². The van der Waals surface area contributed by atoms with Crippen molar-refractivity contribution in [2.24, 2.45) is 0 Å². The van der Waals surface area contributed by atoms with Crippen LogP contribution in [-0.4, -0.2) is 23.3 Å². The van der Waals surface area contributed by atoms with Crippen molar-refractivity contribution in [3.05, 3.63) is 34.4 Å². The molecular weight excluding hydrogens is 376 g/mol. The van der Waals surface area contributed by atoms with Gasteiger partial charge in [0.15, 0.2) is 0 Å². The maximum atomic E-state index is 10.7. The molecule has 0 fully saturated rings. The van der Waals surface area contributed by atoms with Crippen LogP contribution in [0.4, 0.5) is 0 Å². The maximum Gasteiger partial charge on any atom is 0.303 e. The molecule has 1 heterocycles. The third-order valence-corrected chi connectivity index (χ3v) is 6.24. The normalized spacial score (nSPS) is 18.3. The number of carbonyl (C=O) groups is 1. The van der Waals surface area contributed by atoms with Crippen molar-refractivity contribution in [2.75, 3.05) is 6.61 Å². The largest absolute Gasteiger partial charge is 0.493 e. The molecule has 4 heteroatoms. The summed E-state index contributed by atoms with van der Waals surface area (Å²) in [5, 5.41) is 8.82. The maximum absolute atomic E-state index is 10.7. The van der Waals surface area contributed by atoms with Crippen LogP contribution in [0.2, 0.25) is 0 Å². The topological polar surface area (TPSA) is 55.8 Å². The average molecular weight is 417 g/mol. The molecule has 1 atom stereocenters. The third kappa shape index (κ3) is 6.52. The molecule has 4 nitrogen and oxygen atoms in total. The number of ether oxygens (including phenoxy) is 2. The number of unbranched alkanes of at least 4 members (excludes halogenated alkanes) is 5. The number of benzene rings is 1. The molecule has 0 spiro atoms. The van der Waals surface area contributed by atoms with Crippen molar-refractivity contribution >= 4 is 5.97 Å². The number of fused-ring (bicyclic) bond motifs is 1. The van der Waals surface area contributed by atoms with Crippen molar-refractivity contribution in [3.63, 3.8) is 0 Å². The predicted octanol–water partition coefficient (Wildman–Crippen LogP) is 6.86. The van der Waals surface area contributed by atoms with Gasteiger partial charge in [0.2, 0.25) is 0 Å². The molecule has 1 aromatic carbocycles. The van der Waals surface area contributed by atoms with Gasteiger partial charge < -0.3 is 14.6 Å². The molecule has 0 amide bonds. The molecule has 1 N–H and O–H groups in total. The summed E-state index contributed by atoms with van der Waals surface area (Å²) in [4.78, 5) is 10.7. The summed E-state index contributed by atoms with van der Waals surface area (Å²) < 4.78 is 12.6. The van der Waals surface area contributed by atoms with E-state index in [0.29, 0.717) is 13.0 Å². The molecule has 0 bridgehead atoms. The van der Waals surface area contributed by atoms with Crippen LogP contribution in [0.1, 0.15) is 93.9 Å². The van der Waals surface area contributed by atoms with Crippen LogP contribution in [0.25, 0.3) is 0 Å². The van der Waals surface area contributed by atoms with E-state index in [2.05, 4.69) is 46.8 Å². The van der Waals surface area contributed by atoms with Crippen molar-refractivity contribution in [2.45, 2.75) is 104 Å². The molecular formula is C26H40O4. The van der Waals surface area contributed by atoms with E-state index in [1.54, 1.807) is 0 Å². The lowest BCUT2D eigenvalue weighted by Gasteiger charge is -2.36. The van der Waals surface area contributed by atoms with Gasteiger partial charge in [-0.25, -0.2) is 0 Å². The lowest BCUT2D eigenvalue weighted by atomic mass is 9.86. The zero-order valence-corrected chi connectivity index (χ0v) is 19.6. The van der Waals surface area contributed by atoms with Crippen molar-refractivity contribution in [3.8, 4) is 11.5 Å². The van der Waals surface area contributed by atoms with E-state index >= 15 is 0 Å². The summed E-state index contributed by atoms with van der Waals surface area (Å²) in [5.74, 6) is 1.12. The van der Waals surface area contributed by atoms with Crippen molar-refractivity contribution < 1.29 is 19.4 Å². The van der Waals surface area contributed by atoms with Crippen LogP contribution in [0.5, 0.6) is 11.5 Å². The summed E-state index contributed by atoms with van der Waals surface area (Å²) in [5.41, 5.74) is 4.32.